The van der Waals surface area contributed by atoms with E-state index in [-0.39, 0.29) is 11.8 Å². The Bertz CT molecular complexity index is 430. The Kier molecular flexibility index (Phi) is 4.39. The molecule has 0 unspecified atom stereocenters. The van der Waals surface area contributed by atoms with E-state index in [1.165, 1.54) is 0 Å². The molecule has 6 nitrogen and oxygen atoms in total. The third kappa shape index (κ3) is 3.24. The molecule has 1 aliphatic rings. The summed E-state index contributed by atoms with van der Waals surface area (Å²) in [4.78, 5) is 20.3. The molecule has 1 fully saturated rings. The molecule has 0 atom stereocenters. The first-order valence-corrected chi connectivity index (χ1v) is 6.98. The lowest BCUT2D eigenvalue weighted by Crippen LogP contribution is -2.37. The predicted molar refractivity (Wildman–Crippen MR) is 72.1 cm³/mol. The highest BCUT2D eigenvalue weighted by Crippen LogP contribution is 2.18. The minimum Gasteiger partial charge on any atom is -0.341 e. The predicted octanol–water partition coefficient (Wildman–Crippen LogP) is 1.64. The molecule has 0 spiro atoms. The number of hydrogen-bond acceptors (Lipinski definition) is 5. The van der Waals surface area contributed by atoms with Gasteiger partial charge in [-0.05, 0) is 12.8 Å². The summed E-state index contributed by atoms with van der Waals surface area (Å²) in [5.74, 6) is 1.07. The molecule has 0 bridgehead atoms. The number of carbonyl (C=O) groups is 1. The van der Waals surface area contributed by atoms with Gasteiger partial charge >= 0.3 is 6.01 Å². The largest absolute Gasteiger partial charge is 0.341 e. The van der Waals surface area contributed by atoms with Crippen molar-refractivity contribution in [1.82, 2.24) is 15.0 Å². The quantitative estimate of drug-likeness (QED) is 0.829. The Morgan fingerprint density at radius 1 is 1.37 bits per heavy atom. The van der Waals surface area contributed by atoms with Crippen molar-refractivity contribution in [3.8, 4) is 0 Å². The highest BCUT2D eigenvalue weighted by atomic mass is 16.5. The molecule has 6 heteroatoms. The van der Waals surface area contributed by atoms with E-state index in [1.807, 2.05) is 23.6 Å². The van der Waals surface area contributed by atoms with Gasteiger partial charge in [-0.15, -0.1) is 0 Å². The molecule has 0 radical (unpaired) electrons. The van der Waals surface area contributed by atoms with Gasteiger partial charge in [0.25, 0.3) is 0 Å². The average molecular weight is 266 g/mol. The smallest absolute Gasteiger partial charge is 0.324 e. The molecular weight excluding hydrogens is 244 g/mol. The molecule has 0 aromatic carbocycles. The normalized spacial score (nSPS) is 17.2. The maximum Gasteiger partial charge on any atom is 0.324 e. The third-order valence-corrected chi connectivity index (χ3v) is 3.25. The second-order valence-corrected chi connectivity index (χ2v) is 5.25. The summed E-state index contributed by atoms with van der Waals surface area (Å²) in [6.07, 6.45) is 1.93. The van der Waals surface area contributed by atoms with Crippen LogP contribution in [0.1, 0.15) is 45.4 Å². The maximum atomic E-state index is 12.1. The second-order valence-electron chi connectivity index (χ2n) is 5.25. The lowest BCUT2D eigenvalue weighted by Gasteiger charge is -2.19. The maximum absolute atomic E-state index is 12.1. The number of rotatable bonds is 4. The zero-order valence-electron chi connectivity index (χ0n) is 11.9. The molecule has 2 rings (SSSR count). The van der Waals surface area contributed by atoms with Gasteiger partial charge in [-0.1, -0.05) is 25.9 Å². The van der Waals surface area contributed by atoms with Crippen LogP contribution in [0, 0.1) is 0 Å². The monoisotopic (exact) mass is 266 g/mol. The van der Waals surface area contributed by atoms with Gasteiger partial charge in [-0.25, -0.2) is 0 Å². The van der Waals surface area contributed by atoms with Crippen LogP contribution in [0.15, 0.2) is 4.52 Å². The summed E-state index contributed by atoms with van der Waals surface area (Å²) in [5.41, 5.74) is 0. The summed E-state index contributed by atoms with van der Waals surface area (Å²) in [6, 6.07) is 0.468. The number of nitrogens with zero attached hydrogens (tertiary/aromatic N) is 4. The van der Waals surface area contributed by atoms with Crippen LogP contribution >= 0.6 is 0 Å². The molecule has 0 saturated carbocycles. The van der Waals surface area contributed by atoms with E-state index in [0.29, 0.717) is 18.4 Å². The molecular formula is C13H22N4O2. The van der Waals surface area contributed by atoms with Crippen LogP contribution in [0.5, 0.6) is 0 Å². The Morgan fingerprint density at radius 3 is 2.79 bits per heavy atom. The van der Waals surface area contributed by atoms with Crippen molar-refractivity contribution in [3.63, 3.8) is 0 Å². The van der Waals surface area contributed by atoms with Gasteiger partial charge in [0.15, 0.2) is 5.82 Å². The Balaban J connectivity index is 2.06. The highest BCUT2D eigenvalue weighted by molar-refractivity contribution is 5.81. The molecule has 1 aromatic heterocycles. The first kappa shape index (κ1) is 13.8. The first-order valence-electron chi connectivity index (χ1n) is 6.98. The molecule has 1 aromatic rings. The van der Waals surface area contributed by atoms with Gasteiger partial charge in [-0.3, -0.25) is 4.79 Å². The zero-order valence-corrected chi connectivity index (χ0v) is 11.9. The van der Waals surface area contributed by atoms with Gasteiger partial charge in [0, 0.05) is 25.6 Å². The summed E-state index contributed by atoms with van der Waals surface area (Å²) < 4.78 is 5.26. The summed E-state index contributed by atoms with van der Waals surface area (Å²) >= 11 is 0. The van der Waals surface area contributed by atoms with E-state index in [1.54, 1.807) is 0 Å². The zero-order chi connectivity index (χ0) is 13.8. The summed E-state index contributed by atoms with van der Waals surface area (Å²) in [5, 5.41) is 3.95. The van der Waals surface area contributed by atoms with Crippen molar-refractivity contribution in [2.75, 3.05) is 31.1 Å². The molecule has 106 valence electrons. The molecule has 0 N–H and O–H groups in total. The van der Waals surface area contributed by atoms with Crippen LogP contribution in [-0.4, -0.2) is 47.1 Å². The van der Waals surface area contributed by atoms with E-state index < -0.39 is 0 Å². The van der Waals surface area contributed by atoms with Gasteiger partial charge in [-0.2, -0.15) is 4.98 Å². The second kappa shape index (κ2) is 6.04. The molecule has 19 heavy (non-hydrogen) atoms. The van der Waals surface area contributed by atoms with Crippen LogP contribution in [-0.2, 0) is 4.79 Å². The third-order valence-electron chi connectivity index (χ3n) is 3.25. The Labute approximate surface area is 113 Å². The molecule has 0 aliphatic carbocycles. The summed E-state index contributed by atoms with van der Waals surface area (Å²) in [6.45, 7) is 8.88. The minimum absolute atomic E-state index is 0.142. The first-order chi connectivity index (χ1) is 9.11. The van der Waals surface area contributed by atoms with E-state index in [4.69, 9.17) is 4.52 Å². The van der Waals surface area contributed by atoms with Crippen molar-refractivity contribution in [1.29, 1.82) is 0 Å². The van der Waals surface area contributed by atoms with Gasteiger partial charge < -0.3 is 14.3 Å². The lowest BCUT2D eigenvalue weighted by atomic mass is 10.2. The van der Waals surface area contributed by atoms with E-state index in [9.17, 15) is 4.79 Å². The van der Waals surface area contributed by atoms with Gasteiger partial charge in [0.05, 0.1) is 0 Å². The molecule has 1 amide bonds. The lowest BCUT2D eigenvalue weighted by molar-refractivity contribution is -0.129. The number of anilines is 1. The standard InChI is InChI=1S/C13H22N4O2/c1-4-6-16-7-5-8-17(9-11(16)18)13-14-12(10(2)3)15-19-13/h10H,4-9H2,1-3H3. The number of carbonyl (C=O) groups excluding carboxylic acids is 1. The fraction of sp³-hybridized carbons (Fsp3) is 0.769. The van der Waals surface area contributed by atoms with E-state index >= 15 is 0 Å². The number of amides is 1. The van der Waals surface area contributed by atoms with Crippen LogP contribution < -0.4 is 4.90 Å². The van der Waals surface area contributed by atoms with Crippen molar-refractivity contribution < 1.29 is 9.32 Å². The van der Waals surface area contributed by atoms with E-state index in [2.05, 4.69) is 17.1 Å². The van der Waals surface area contributed by atoms with Crippen LogP contribution in [0.4, 0.5) is 6.01 Å². The highest BCUT2D eigenvalue weighted by Gasteiger charge is 2.24. The van der Waals surface area contributed by atoms with Gasteiger partial charge in [0.2, 0.25) is 5.91 Å². The number of aromatic nitrogens is 2. The topological polar surface area (TPSA) is 62.5 Å². The van der Waals surface area contributed by atoms with Crippen LogP contribution in [0.3, 0.4) is 0 Å². The van der Waals surface area contributed by atoms with Crippen molar-refractivity contribution in [3.05, 3.63) is 5.82 Å². The minimum atomic E-state index is 0.142. The molecule has 1 aliphatic heterocycles. The number of hydrogen-bond donors (Lipinski definition) is 0. The van der Waals surface area contributed by atoms with Crippen LogP contribution in [0.2, 0.25) is 0 Å². The average Bonchev–Trinajstić information content (AvgIpc) is 2.79. The summed E-state index contributed by atoms with van der Waals surface area (Å²) in [7, 11) is 0. The Hall–Kier alpha value is -1.59. The fourth-order valence-corrected chi connectivity index (χ4v) is 2.18. The van der Waals surface area contributed by atoms with Crippen LogP contribution in [0.25, 0.3) is 0 Å². The van der Waals surface area contributed by atoms with Crippen molar-refractivity contribution >= 4 is 11.9 Å². The van der Waals surface area contributed by atoms with Crippen molar-refractivity contribution in [2.24, 2.45) is 0 Å². The molecule has 2 heterocycles. The molecule has 1 saturated heterocycles. The Morgan fingerprint density at radius 2 is 2.16 bits per heavy atom. The van der Waals surface area contributed by atoms with E-state index in [0.717, 1.165) is 32.5 Å². The van der Waals surface area contributed by atoms with Crippen molar-refractivity contribution in [2.45, 2.75) is 39.5 Å². The fourth-order valence-electron chi connectivity index (χ4n) is 2.18. The SMILES string of the molecule is CCCN1CCCN(c2nc(C(C)C)no2)CC1=O. The van der Waals surface area contributed by atoms with Gasteiger partial charge in [0.1, 0.15) is 6.54 Å².